The molecule has 0 fully saturated rings. The fourth-order valence-corrected chi connectivity index (χ4v) is 6.37. The summed E-state index contributed by atoms with van der Waals surface area (Å²) in [6, 6.07) is 47.2. The van der Waals surface area contributed by atoms with E-state index in [4.69, 9.17) is 0 Å². The fourth-order valence-electron chi connectivity index (χ4n) is 6.37. The van der Waals surface area contributed by atoms with E-state index in [1.165, 1.54) is 53.5 Å². The third-order valence-electron chi connectivity index (χ3n) is 8.30. The Morgan fingerprint density at radius 1 is 0.457 bits per heavy atom. The Kier molecular flexibility index (Phi) is 12.7. The van der Waals surface area contributed by atoms with Crippen LogP contribution >= 0.6 is 0 Å². The summed E-state index contributed by atoms with van der Waals surface area (Å²) < 4.78 is 0. The molecule has 0 aromatic heterocycles. The molecule has 2 radical (unpaired) electrons. The Balaban J connectivity index is 0.000000218. The Bertz CT molecular complexity index is 1940. The Labute approximate surface area is 297 Å². The minimum absolute atomic E-state index is 0. The van der Waals surface area contributed by atoms with Gasteiger partial charge in [-0.05, 0) is 43.5 Å². The van der Waals surface area contributed by atoms with Gasteiger partial charge in [0.25, 0.3) is 0 Å². The molecule has 0 bridgehead atoms. The second-order valence-electron chi connectivity index (χ2n) is 11.7. The van der Waals surface area contributed by atoms with E-state index in [0.717, 1.165) is 9.52 Å². The van der Waals surface area contributed by atoms with E-state index in [2.05, 4.69) is 185 Å². The molecule has 8 rings (SSSR count). The van der Waals surface area contributed by atoms with Crippen molar-refractivity contribution in [2.45, 2.75) is 37.8 Å². The van der Waals surface area contributed by atoms with Crippen molar-refractivity contribution in [1.82, 2.24) is 0 Å². The van der Waals surface area contributed by atoms with Crippen LogP contribution in [0, 0.1) is 14.9 Å². The van der Waals surface area contributed by atoms with E-state index in [1.807, 2.05) is 0 Å². The van der Waals surface area contributed by atoms with Crippen LogP contribution in [0.3, 0.4) is 0 Å². The van der Waals surface area contributed by atoms with Crippen molar-refractivity contribution in [2.75, 3.05) is 0 Å². The van der Waals surface area contributed by atoms with E-state index >= 15 is 0 Å². The SMILES string of the molecule is CC1(c2cccc3ccccc23)[C-]=c2ccccc2=C1.CC1(c2cccc3ccccc23)[C-]=c2ccccc2=C1.C[Si]C.[CH3-].[CH3-].[Zr+4]. The summed E-state index contributed by atoms with van der Waals surface area (Å²) in [5.41, 5.74) is 2.35. The molecular weight excluding hydrogens is 648 g/mol. The number of rotatable bonds is 2. The molecule has 0 N–H and O–H groups in total. The normalized spacial score (nSPS) is 18.0. The van der Waals surface area contributed by atoms with Crippen LogP contribution in [0.5, 0.6) is 0 Å². The van der Waals surface area contributed by atoms with Gasteiger partial charge in [0, 0.05) is 9.52 Å². The van der Waals surface area contributed by atoms with Crippen LogP contribution in [0.2, 0.25) is 13.1 Å². The molecule has 2 unspecified atom stereocenters. The van der Waals surface area contributed by atoms with Crippen LogP contribution in [0.4, 0.5) is 0 Å². The molecular formula is C44H42SiZr. The standard InChI is InChI=1S/2C20H15.C2H6Si.2CH3.Zr/c2*1-20(13-16-8-2-3-9-17(16)14-20)19-12-6-10-15-7-4-5-11-18(15)19;1-3-2;;;/h2*2-13H,1H3;1-2H3;2*1H3;/q2*-1;;2*-1;+4. The molecule has 0 aliphatic heterocycles. The van der Waals surface area contributed by atoms with Gasteiger partial charge in [-0.3, -0.25) is 0 Å². The third-order valence-corrected chi connectivity index (χ3v) is 8.30. The van der Waals surface area contributed by atoms with Crippen molar-refractivity contribution < 1.29 is 26.2 Å². The summed E-state index contributed by atoms with van der Waals surface area (Å²) in [4.78, 5) is 0. The Morgan fingerprint density at radius 3 is 1.17 bits per heavy atom. The topological polar surface area (TPSA) is 0 Å². The number of fused-ring (bicyclic) bond motifs is 4. The van der Waals surface area contributed by atoms with Crippen LogP contribution in [0.1, 0.15) is 25.0 Å². The van der Waals surface area contributed by atoms with E-state index in [-0.39, 0.29) is 51.9 Å². The Morgan fingerprint density at radius 2 is 0.783 bits per heavy atom. The fraction of sp³-hybridized carbons (Fsp3) is 0.136. The van der Waals surface area contributed by atoms with Crippen LogP contribution in [-0.4, -0.2) is 9.52 Å². The third kappa shape index (κ3) is 7.35. The number of hydrogen-bond acceptors (Lipinski definition) is 0. The summed E-state index contributed by atoms with van der Waals surface area (Å²) in [5.74, 6) is 0. The zero-order chi connectivity index (χ0) is 29.9. The van der Waals surface area contributed by atoms with Gasteiger partial charge < -0.3 is 14.9 Å². The maximum Gasteiger partial charge on any atom is 4.00 e. The van der Waals surface area contributed by atoms with Crippen molar-refractivity contribution in [3.63, 3.8) is 0 Å². The molecule has 6 aromatic rings. The summed E-state index contributed by atoms with van der Waals surface area (Å²) in [6.45, 7) is 8.80. The Hall–Kier alpha value is -3.58. The monoisotopic (exact) mass is 688 g/mol. The van der Waals surface area contributed by atoms with E-state index in [9.17, 15) is 0 Å². The van der Waals surface area contributed by atoms with E-state index in [0.29, 0.717) is 0 Å². The molecule has 0 saturated heterocycles. The quantitative estimate of drug-likeness (QED) is 0.127. The molecule has 0 saturated carbocycles. The van der Waals surface area contributed by atoms with E-state index in [1.54, 1.807) is 0 Å². The average Bonchev–Trinajstić information content (AvgIpc) is 3.58. The summed E-state index contributed by atoms with van der Waals surface area (Å²) in [7, 11) is 1.08. The molecule has 46 heavy (non-hydrogen) atoms. The molecule has 226 valence electrons. The van der Waals surface area contributed by atoms with Crippen LogP contribution < -0.4 is 20.9 Å². The van der Waals surface area contributed by atoms with Gasteiger partial charge in [-0.15, -0.1) is 46.9 Å². The summed E-state index contributed by atoms with van der Waals surface area (Å²) in [5, 5.41) is 10.2. The van der Waals surface area contributed by atoms with Gasteiger partial charge in [-0.25, -0.2) is 0 Å². The first-order valence-electron chi connectivity index (χ1n) is 15.0. The molecule has 2 heteroatoms. The molecule has 0 nitrogen and oxygen atoms in total. The van der Waals surface area contributed by atoms with Crippen molar-refractivity contribution in [3.05, 3.63) is 180 Å². The molecule has 0 spiro atoms. The molecule has 2 aliphatic rings. The van der Waals surface area contributed by atoms with Crippen molar-refractivity contribution >= 4 is 55.4 Å². The van der Waals surface area contributed by atoms with Crippen LogP contribution in [-0.2, 0) is 37.0 Å². The van der Waals surface area contributed by atoms with Crippen LogP contribution in [0.25, 0.3) is 45.8 Å². The molecule has 0 amide bonds. The average molecular weight is 690 g/mol. The largest absolute Gasteiger partial charge is 4.00 e. The first kappa shape index (κ1) is 36.9. The minimum atomic E-state index is -0.148. The van der Waals surface area contributed by atoms with E-state index < -0.39 is 0 Å². The first-order valence-corrected chi connectivity index (χ1v) is 17.0. The molecule has 2 aliphatic carbocycles. The predicted molar refractivity (Wildman–Crippen MR) is 200 cm³/mol. The van der Waals surface area contributed by atoms with Gasteiger partial charge in [0.05, 0.1) is 0 Å². The van der Waals surface area contributed by atoms with Gasteiger partial charge in [0.15, 0.2) is 0 Å². The number of benzene rings is 6. The molecule has 2 atom stereocenters. The van der Waals surface area contributed by atoms with Gasteiger partial charge >= 0.3 is 26.2 Å². The molecule has 6 aromatic carbocycles. The van der Waals surface area contributed by atoms with Gasteiger partial charge in [0.1, 0.15) is 0 Å². The minimum Gasteiger partial charge on any atom is -0.358 e. The smallest absolute Gasteiger partial charge is 0.358 e. The first-order chi connectivity index (χ1) is 20.9. The zero-order valence-corrected chi connectivity index (χ0v) is 31.3. The maximum atomic E-state index is 3.66. The van der Waals surface area contributed by atoms with Crippen molar-refractivity contribution in [1.29, 1.82) is 0 Å². The van der Waals surface area contributed by atoms with Crippen molar-refractivity contribution in [2.24, 2.45) is 0 Å². The second kappa shape index (κ2) is 15.8. The second-order valence-corrected chi connectivity index (χ2v) is 12.7. The maximum absolute atomic E-state index is 3.66. The predicted octanol–water partition coefficient (Wildman–Crippen LogP) is 8.18. The van der Waals surface area contributed by atoms with Gasteiger partial charge in [0.2, 0.25) is 0 Å². The van der Waals surface area contributed by atoms with Gasteiger partial charge in [-0.2, -0.15) is 34.7 Å². The van der Waals surface area contributed by atoms with Gasteiger partial charge in [-0.1, -0.05) is 124 Å². The molecule has 0 heterocycles. The summed E-state index contributed by atoms with van der Waals surface area (Å²) >= 11 is 0. The summed E-state index contributed by atoms with van der Waals surface area (Å²) in [6.07, 6.45) is 12.0. The van der Waals surface area contributed by atoms with Crippen LogP contribution in [0.15, 0.2) is 133 Å². The van der Waals surface area contributed by atoms with Crippen molar-refractivity contribution in [3.8, 4) is 0 Å². The zero-order valence-electron chi connectivity index (χ0n) is 27.9. The number of hydrogen-bond donors (Lipinski definition) is 0.